The molecule has 0 radical (unpaired) electrons. The topological polar surface area (TPSA) is 76.1 Å². The van der Waals surface area contributed by atoms with E-state index in [2.05, 4.69) is 10.3 Å². The number of aryl methyl sites for hydroxylation is 2. The van der Waals surface area contributed by atoms with Crippen molar-refractivity contribution in [3.63, 3.8) is 0 Å². The van der Waals surface area contributed by atoms with Crippen molar-refractivity contribution in [2.45, 2.75) is 26.3 Å². The maximum Gasteiger partial charge on any atom is 0.252 e. The van der Waals surface area contributed by atoms with Gasteiger partial charge in [0.25, 0.3) is 5.91 Å². The summed E-state index contributed by atoms with van der Waals surface area (Å²) in [4.78, 5) is 17.0. The number of carbonyl (C=O) groups is 1. The molecule has 3 rings (SSSR count). The largest absolute Gasteiger partial charge is 0.348 e. The maximum atomic E-state index is 12.6. The van der Waals surface area contributed by atoms with Crippen molar-refractivity contribution in [2.24, 2.45) is 0 Å². The van der Waals surface area contributed by atoms with Crippen molar-refractivity contribution in [1.29, 1.82) is 0 Å². The molecule has 1 aliphatic heterocycles. The first-order chi connectivity index (χ1) is 10.3. The number of hydrogen-bond donors (Lipinski definition) is 1. The second-order valence-corrected chi connectivity index (χ2v) is 8.13. The van der Waals surface area contributed by atoms with Crippen molar-refractivity contribution in [2.75, 3.05) is 11.5 Å². The van der Waals surface area contributed by atoms with Gasteiger partial charge in [-0.1, -0.05) is 11.6 Å². The Kier molecular flexibility index (Phi) is 3.64. The van der Waals surface area contributed by atoms with Gasteiger partial charge in [0.05, 0.1) is 22.6 Å². The van der Waals surface area contributed by atoms with Crippen LogP contribution in [0.5, 0.6) is 0 Å². The highest BCUT2D eigenvalue weighted by atomic mass is 32.2. The average molecular weight is 318 g/mol. The van der Waals surface area contributed by atoms with E-state index in [1.54, 1.807) is 6.07 Å². The fraction of sp³-hybridized carbons (Fsp3) is 0.375. The lowest BCUT2D eigenvalue weighted by atomic mass is 10.0. The van der Waals surface area contributed by atoms with Crippen LogP contribution in [0.4, 0.5) is 0 Å². The fourth-order valence-corrected chi connectivity index (χ4v) is 4.51. The van der Waals surface area contributed by atoms with Gasteiger partial charge in [-0.15, -0.1) is 0 Å². The van der Waals surface area contributed by atoms with Gasteiger partial charge in [-0.05, 0) is 38.5 Å². The first-order valence-corrected chi connectivity index (χ1v) is 9.05. The van der Waals surface area contributed by atoms with Crippen molar-refractivity contribution in [3.8, 4) is 0 Å². The highest BCUT2D eigenvalue weighted by Gasteiger charge is 2.29. The van der Waals surface area contributed by atoms with E-state index < -0.39 is 9.84 Å². The molecule has 116 valence electrons. The number of fused-ring (bicyclic) bond motifs is 1. The minimum Gasteiger partial charge on any atom is -0.348 e. The van der Waals surface area contributed by atoms with E-state index in [1.165, 1.54) is 0 Å². The molecule has 1 N–H and O–H groups in total. The SMILES string of the molecule is Cc1ccc2nc(C)cc(C(=O)NC3CCS(=O)(=O)C3)c2c1. The van der Waals surface area contributed by atoms with Crippen LogP contribution in [-0.4, -0.2) is 36.9 Å². The fourth-order valence-electron chi connectivity index (χ4n) is 2.83. The second-order valence-electron chi connectivity index (χ2n) is 5.91. The Labute approximate surface area is 129 Å². The van der Waals surface area contributed by atoms with Crippen LogP contribution in [0.2, 0.25) is 0 Å². The summed E-state index contributed by atoms with van der Waals surface area (Å²) < 4.78 is 23.0. The van der Waals surface area contributed by atoms with Crippen LogP contribution in [0.25, 0.3) is 10.9 Å². The van der Waals surface area contributed by atoms with E-state index in [1.807, 2.05) is 32.0 Å². The Bertz CT molecular complexity index is 859. The minimum absolute atomic E-state index is 0.0275. The van der Waals surface area contributed by atoms with E-state index in [0.717, 1.165) is 22.2 Å². The minimum atomic E-state index is -3.01. The zero-order valence-corrected chi connectivity index (χ0v) is 13.4. The van der Waals surface area contributed by atoms with Gasteiger partial charge in [-0.2, -0.15) is 0 Å². The normalized spacial score (nSPS) is 20.2. The molecule has 1 atom stereocenters. The molecule has 22 heavy (non-hydrogen) atoms. The zero-order chi connectivity index (χ0) is 15.9. The van der Waals surface area contributed by atoms with Crippen molar-refractivity contribution < 1.29 is 13.2 Å². The van der Waals surface area contributed by atoms with Crippen LogP contribution >= 0.6 is 0 Å². The van der Waals surface area contributed by atoms with Gasteiger partial charge >= 0.3 is 0 Å². The summed E-state index contributed by atoms with van der Waals surface area (Å²) >= 11 is 0. The summed E-state index contributed by atoms with van der Waals surface area (Å²) in [6.07, 6.45) is 0.481. The molecule has 5 nitrogen and oxygen atoms in total. The predicted molar refractivity (Wildman–Crippen MR) is 85.7 cm³/mol. The van der Waals surface area contributed by atoms with E-state index >= 15 is 0 Å². The lowest BCUT2D eigenvalue weighted by Crippen LogP contribution is -2.35. The van der Waals surface area contributed by atoms with Crippen LogP contribution in [0.1, 0.15) is 28.0 Å². The molecule has 1 fully saturated rings. The van der Waals surface area contributed by atoms with Crippen LogP contribution in [0, 0.1) is 13.8 Å². The second kappa shape index (κ2) is 5.35. The molecule has 1 aromatic carbocycles. The standard InChI is InChI=1S/C16H18N2O3S/c1-10-3-4-15-13(7-10)14(8-11(2)17-15)16(19)18-12-5-6-22(20,21)9-12/h3-4,7-8,12H,5-6,9H2,1-2H3,(H,18,19). The van der Waals surface area contributed by atoms with E-state index in [9.17, 15) is 13.2 Å². The summed E-state index contributed by atoms with van der Waals surface area (Å²) in [7, 11) is -3.01. The molecule has 2 heterocycles. The molecule has 1 aromatic heterocycles. The molecule has 0 spiro atoms. The number of nitrogens with zero attached hydrogens (tertiary/aromatic N) is 1. The third-order valence-electron chi connectivity index (χ3n) is 3.90. The van der Waals surface area contributed by atoms with Crippen molar-refractivity contribution in [1.82, 2.24) is 10.3 Å². The number of aromatic nitrogens is 1. The first-order valence-electron chi connectivity index (χ1n) is 7.23. The summed E-state index contributed by atoms with van der Waals surface area (Å²) in [5, 5.41) is 3.64. The molecule has 0 bridgehead atoms. The Morgan fingerprint density at radius 1 is 1.27 bits per heavy atom. The number of amides is 1. The quantitative estimate of drug-likeness (QED) is 0.915. The van der Waals surface area contributed by atoms with Gasteiger partial charge in [0.1, 0.15) is 0 Å². The molecule has 0 aliphatic carbocycles. The Hall–Kier alpha value is -1.95. The Balaban J connectivity index is 1.95. The van der Waals surface area contributed by atoms with Crippen LogP contribution < -0.4 is 5.32 Å². The van der Waals surface area contributed by atoms with Gasteiger partial charge in [-0.3, -0.25) is 9.78 Å². The smallest absolute Gasteiger partial charge is 0.252 e. The molecular weight excluding hydrogens is 300 g/mol. The number of nitrogens with one attached hydrogen (secondary N) is 1. The highest BCUT2D eigenvalue weighted by Crippen LogP contribution is 2.21. The number of benzene rings is 1. The molecule has 0 saturated carbocycles. The third-order valence-corrected chi connectivity index (χ3v) is 5.67. The number of pyridine rings is 1. The molecular formula is C16H18N2O3S. The lowest BCUT2D eigenvalue weighted by Gasteiger charge is -2.13. The molecule has 2 aromatic rings. The Morgan fingerprint density at radius 3 is 2.73 bits per heavy atom. The number of carbonyl (C=O) groups excluding carboxylic acids is 1. The summed E-state index contributed by atoms with van der Waals surface area (Å²) in [6.45, 7) is 3.81. The summed E-state index contributed by atoms with van der Waals surface area (Å²) in [5.74, 6) is -0.0596. The highest BCUT2D eigenvalue weighted by molar-refractivity contribution is 7.91. The molecule has 1 aliphatic rings. The van der Waals surface area contributed by atoms with Crippen LogP contribution in [-0.2, 0) is 9.84 Å². The number of sulfone groups is 1. The molecule has 1 saturated heterocycles. The zero-order valence-electron chi connectivity index (χ0n) is 12.6. The van der Waals surface area contributed by atoms with Crippen LogP contribution in [0.3, 0.4) is 0 Å². The van der Waals surface area contributed by atoms with Gasteiger partial charge in [0.15, 0.2) is 9.84 Å². The third kappa shape index (κ3) is 2.97. The van der Waals surface area contributed by atoms with Gasteiger partial charge in [0, 0.05) is 17.1 Å². The first kappa shape index (κ1) is 15.0. The van der Waals surface area contributed by atoms with Gasteiger partial charge in [-0.25, -0.2) is 8.42 Å². The predicted octanol–water partition coefficient (Wildman–Crippen LogP) is 1.77. The molecule has 1 amide bonds. The molecule has 1 unspecified atom stereocenters. The van der Waals surface area contributed by atoms with E-state index in [4.69, 9.17) is 0 Å². The Morgan fingerprint density at radius 2 is 2.05 bits per heavy atom. The monoisotopic (exact) mass is 318 g/mol. The van der Waals surface area contributed by atoms with E-state index in [-0.39, 0.29) is 23.5 Å². The van der Waals surface area contributed by atoms with E-state index in [0.29, 0.717) is 12.0 Å². The number of rotatable bonds is 2. The number of hydrogen-bond acceptors (Lipinski definition) is 4. The van der Waals surface area contributed by atoms with Crippen molar-refractivity contribution in [3.05, 3.63) is 41.1 Å². The van der Waals surface area contributed by atoms with Gasteiger partial charge < -0.3 is 5.32 Å². The maximum absolute atomic E-state index is 12.6. The van der Waals surface area contributed by atoms with Gasteiger partial charge in [0.2, 0.25) is 0 Å². The lowest BCUT2D eigenvalue weighted by molar-refractivity contribution is 0.0942. The average Bonchev–Trinajstić information content (AvgIpc) is 2.77. The van der Waals surface area contributed by atoms with Crippen molar-refractivity contribution >= 4 is 26.6 Å². The van der Waals surface area contributed by atoms with Crippen LogP contribution in [0.15, 0.2) is 24.3 Å². The molecule has 6 heteroatoms. The summed E-state index contributed by atoms with van der Waals surface area (Å²) in [6, 6.07) is 7.24. The summed E-state index contributed by atoms with van der Waals surface area (Å²) in [5.41, 5.74) is 3.14.